The van der Waals surface area contributed by atoms with Crippen LogP contribution in [0.25, 0.3) is 10.4 Å². The molecular weight excluding hydrogens is 427 g/mol. The van der Waals surface area contributed by atoms with E-state index in [4.69, 9.17) is 25.5 Å². The van der Waals surface area contributed by atoms with Crippen molar-refractivity contribution >= 4 is 17.8 Å². The van der Waals surface area contributed by atoms with Gasteiger partial charge in [-0.2, -0.15) is 4.98 Å². The van der Waals surface area contributed by atoms with Crippen LogP contribution in [-0.2, 0) is 23.8 Å². The fourth-order valence-electron chi connectivity index (χ4n) is 3.13. The summed E-state index contributed by atoms with van der Waals surface area (Å²) < 4.78 is 32.3. The molecule has 1 saturated heterocycles. The molecule has 1 aromatic heterocycles. The maximum Gasteiger partial charge on any atom is 0.351 e. The highest BCUT2D eigenvalue weighted by Gasteiger charge is 2.60. The van der Waals surface area contributed by atoms with Gasteiger partial charge in [0.2, 0.25) is 5.72 Å². The maximum atomic E-state index is 15.5. The minimum absolute atomic E-state index is 0.00357. The van der Waals surface area contributed by atoms with Gasteiger partial charge in [-0.3, -0.25) is 14.2 Å². The summed E-state index contributed by atoms with van der Waals surface area (Å²) in [5.74, 6) is -1.46. The van der Waals surface area contributed by atoms with Gasteiger partial charge in [-0.25, -0.2) is 9.18 Å². The summed E-state index contributed by atoms with van der Waals surface area (Å²) in [7, 11) is 0. The van der Waals surface area contributed by atoms with Crippen LogP contribution in [0.15, 0.2) is 22.2 Å². The number of aromatic nitrogens is 2. The van der Waals surface area contributed by atoms with Crippen molar-refractivity contribution in [2.45, 2.75) is 76.6 Å². The molecule has 0 spiro atoms. The normalized spacial score (nSPS) is 24.5. The predicted octanol–water partition coefficient (Wildman–Crippen LogP) is 2.53. The second-order valence-corrected chi connectivity index (χ2v) is 7.31. The Labute approximate surface area is 183 Å². The van der Waals surface area contributed by atoms with Crippen LogP contribution in [0.2, 0.25) is 0 Å². The van der Waals surface area contributed by atoms with Crippen LogP contribution >= 0.6 is 0 Å². The molecule has 13 heteroatoms. The molecule has 0 unspecified atom stereocenters. The van der Waals surface area contributed by atoms with Crippen molar-refractivity contribution in [1.29, 1.82) is 0 Å². The molecule has 1 aliphatic heterocycles. The number of nitrogens with two attached hydrogens (primary N) is 1. The molecular formula is C19H27FN6O6. The van der Waals surface area contributed by atoms with Crippen LogP contribution in [0, 0.1) is 0 Å². The Morgan fingerprint density at radius 3 is 2.59 bits per heavy atom. The van der Waals surface area contributed by atoms with Gasteiger partial charge in [-0.1, -0.05) is 31.8 Å². The fourth-order valence-corrected chi connectivity index (χ4v) is 3.13. The zero-order chi connectivity index (χ0) is 23.7. The van der Waals surface area contributed by atoms with E-state index in [2.05, 4.69) is 15.0 Å². The first-order valence-electron chi connectivity index (χ1n) is 10.4. The Morgan fingerprint density at radius 2 is 2.00 bits per heavy atom. The van der Waals surface area contributed by atoms with E-state index in [0.717, 1.165) is 17.2 Å². The lowest BCUT2D eigenvalue weighted by molar-refractivity contribution is -0.177. The molecule has 0 amide bonds. The van der Waals surface area contributed by atoms with Crippen LogP contribution in [0.4, 0.5) is 10.2 Å². The van der Waals surface area contributed by atoms with Crippen LogP contribution in [0.5, 0.6) is 0 Å². The van der Waals surface area contributed by atoms with Gasteiger partial charge >= 0.3 is 17.6 Å². The summed E-state index contributed by atoms with van der Waals surface area (Å²) >= 11 is 0. The molecule has 2 rings (SSSR count). The van der Waals surface area contributed by atoms with Gasteiger partial charge in [-0.15, -0.1) is 0 Å². The third kappa shape index (κ3) is 5.95. The molecule has 1 aliphatic rings. The lowest BCUT2D eigenvalue weighted by Gasteiger charge is -2.28. The van der Waals surface area contributed by atoms with Gasteiger partial charge in [0.25, 0.3) is 0 Å². The molecule has 1 aromatic rings. The summed E-state index contributed by atoms with van der Waals surface area (Å²) in [5, 5.41) is 3.50. The van der Waals surface area contributed by atoms with Crippen molar-refractivity contribution in [1.82, 2.24) is 9.55 Å². The second-order valence-electron chi connectivity index (χ2n) is 7.31. The molecule has 0 bridgehead atoms. The van der Waals surface area contributed by atoms with Gasteiger partial charge in [0.1, 0.15) is 12.4 Å². The molecule has 0 saturated carbocycles. The lowest BCUT2D eigenvalue weighted by atomic mass is 10.1. The number of unbranched alkanes of at least 4 members (excludes halogenated alkanes) is 2. The molecule has 176 valence electrons. The number of hydrogen-bond donors (Lipinski definition) is 1. The highest BCUT2D eigenvalue weighted by molar-refractivity contribution is 5.70. The van der Waals surface area contributed by atoms with E-state index in [-0.39, 0.29) is 18.7 Å². The quantitative estimate of drug-likeness (QED) is 0.230. The van der Waals surface area contributed by atoms with E-state index in [1.54, 1.807) is 0 Å². The maximum absolute atomic E-state index is 15.5. The molecule has 2 heterocycles. The number of alkyl halides is 1. The zero-order valence-corrected chi connectivity index (χ0v) is 18.0. The number of azide groups is 1. The second kappa shape index (κ2) is 11.4. The Bertz CT molecular complexity index is 920. The number of rotatable bonds is 11. The number of hydrogen-bond acceptors (Lipinski definition) is 9. The Morgan fingerprint density at radius 1 is 1.34 bits per heavy atom. The highest BCUT2D eigenvalue weighted by Crippen LogP contribution is 2.42. The number of anilines is 1. The number of carbonyl (C=O) groups is 2. The SMILES string of the molecule is CCCCC(=O)OC[C@@]1(N=[N+]=[N-])O[C@@H](n2ccc(N)nc2=O)[C@H](F)[C@@H]1OC(=O)CCCC. The Kier molecular flexibility index (Phi) is 8.97. The number of esters is 2. The predicted molar refractivity (Wildman–Crippen MR) is 110 cm³/mol. The molecule has 0 aromatic carbocycles. The van der Waals surface area contributed by atoms with E-state index in [1.807, 2.05) is 13.8 Å². The summed E-state index contributed by atoms with van der Waals surface area (Å²) in [5.41, 5.74) is 11.4. The van der Waals surface area contributed by atoms with Gasteiger partial charge in [0.15, 0.2) is 18.5 Å². The van der Waals surface area contributed by atoms with E-state index >= 15 is 4.39 Å². The largest absolute Gasteiger partial charge is 0.462 e. The van der Waals surface area contributed by atoms with E-state index in [0.29, 0.717) is 19.3 Å². The van der Waals surface area contributed by atoms with E-state index < -0.39 is 48.5 Å². The third-order valence-electron chi connectivity index (χ3n) is 4.84. The van der Waals surface area contributed by atoms with E-state index in [1.165, 1.54) is 6.07 Å². The van der Waals surface area contributed by atoms with Crippen LogP contribution in [-0.4, -0.2) is 46.1 Å². The van der Waals surface area contributed by atoms with Crippen LogP contribution < -0.4 is 11.4 Å². The average Bonchev–Trinajstić information content (AvgIpc) is 3.01. The molecule has 32 heavy (non-hydrogen) atoms. The summed E-state index contributed by atoms with van der Waals surface area (Å²) in [6.45, 7) is 3.04. The van der Waals surface area contributed by atoms with Gasteiger partial charge < -0.3 is 19.9 Å². The zero-order valence-electron chi connectivity index (χ0n) is 18.0. The molecule has 1 fully saturated rings. The number of ether oxygens (including phenoxy) is 3. The Balaban J connectivity index is 2.39. The monoisotopic (exact) mass is 454 g/mol. The van der Waals surface area contributed by atoms with Crippen molar-refractivity contribution in [3.05, 3.63) is 33.2 Å². The highest BCUT2D eigenvalue weighted by atomic mass is 19.1. The van der Waals surface area contributed by atoms with Crippen molar-refractivity contribution in [2.24, 2.45) is 5.11 Å². The molecule has 0 radical (unpaired) electrons. The number of nitrogen functional groups attached to an aromatic ring is 1. The summed E-state index contributed by atoms with van der Waals surface area (Å²) in [6.07, 6.45) is -1.84. The standard InChI is InChI=1S/C19H27FN6O6/c1-3-5-7-13(27)30-11-19(24-25-22)16(31-14(28)8-6-4-2)15(20)17(32-19)26-10-9-12(21)23-18(26)29/h9-10,15-17H,3-8,11H2,1-2H3,(H2,21,23,29)/t15-,16+,17-,19-/m1/s1. The summed E-state index contributed by atoms with van der Waals surface area (Å²) in [4.78, 5) is 42.7. The smallest absolute Gasteiger partial charge is 0.351 e. The minimum Gasteiger partial charge on any atom is -0.462 e. The molecule has 0 aliphatic carbocycles. The molecule has 4 atom stereocenters. The summed E-state index contributed by atoms with van der Waals surface area (Å²) in [6, 6.07) is 1.25. The lowest BCUT2D eigenvalue weighted by Crippen LogP contribution is -2.47. The van der Waals surface area contributed by atoms with Crippen molar-refractivity contribution < 1.29 is 28.2 Å². The Hall–Kier alpha value is -3.18. The third-order valence-corrected chi connectivity index (χ3v) is 4.84. The first-order chi connectivity index (χ1) is 15.3. The van der Waals surface area contributed by atoms with Gasteiger partial charge in [-0.05, 0) is 24.4 Å². The number of carbonyl (C=O) groups excluding carboxylic acids is 2. The van der Waals surface area contributed by atoms with Gasteiger partial charge in [0, 0.05) is 24.0 Å². The molecule has 12 nitrogen and oxygen atoms in total. The van der Waals surface area contributed by atoms with Crippen LogP contribution in [0.1, 0.15) is 58.6 Å². The average molecular weight is 454 g/mol. The van der Waals surface area contributed by atoms with Crippen LogP contribution in [0.3, 0.4) is 0 Å². The first kappa shape index (κ1) is 25.1. The van der Waals surface area contributed by atoms with E-state index in [9.17, 15) is 14.4 Å². The fraction of sp³-hybridized carbons (Fsp3) is 0.684. The van der Waals surface area contributed by atoms with Crippen molar-refractivity contribution in [2.75, 3.05) is 12.3 Å². The topological polar surface area (TPSA) is 171 Å². The van der Waals surface area contributed by atoms with Crippen molar-refractivity contribution in [3.63, 3.8) is 0 Å². The van der Waals surface area contributed by atoms with Crippen molar-refractivity contribution in [3.8, 4) is 0 Å². The number of halogens is 1. The van der Waals surface area contributed by atoms with Gasteiger partial charge in [0.05, 0.1) is 0 Å². The number of nitrogens with zero attached hydrogens (tertiary/aromatic N) is 5. The molecule has 2 N–H and O–H groups in total. The first-order valence-corrected chi connectivity index (χ1v) is 10.4. The minimum atomic E-state index is -2.22.